The summed E-state index contributed by atoms with van der Waals surface area (Å²) in [6, 6.07) is 1.20. The number of hydrogen-bond acceptors (Lipinski definition) is 2. The van der Waals surface area contributed by atoms with Crippen LogP contribution in [0.1, 0.15) is 48.1 Å². The quantitative estimate of drug-likeness (QED) is 0.899. The lowest BCUT2D eigenvalue weighted by molar-refractivity contribution is -0.0556. The molecule has 0 amide bonds. The number of alkyl halides is 2. The molecule has 1 heterocycles. The summed E-state index contributed by atoms with van der Waals surface area (Å²) in [7, 11) is 0. The summed E-state index contributed by atoms with van der Waals surface area (Å²) in [5.74, 6) is -5.06. The third-order valence-corrected chi connectivity index (χ3v) is 2.94. The van der Waals surface area contributed by atoms with E-state index in [0.29, 0.717) is 12.0 Å². The van der Waals surface area contributed by atoms with Crippen LogP contribution in [0.2, 0.25) is 0 Å². The third-order valence-electron chi connectivity index (χ3n) is 2.94. The zero-order chi connectivity index (χ0) is 14.1. The molecule has 0 radical (unpaired) electrons. The maximum atomic E-state index is 13.9. The van der Waals surface area contributed by atoms with Crippen molar-refractivity contribution >= 4 is 5.97 Å². The van der Waals surface area contributed by atoms with E-state index in [4.69, 9.17) is 5.11 Å². The predicted molar refractivity (Wildman–Crippen MR) is 64.0 cm³/mol. The van der Waals surface area contributed by atoms with Gasteiger partial charge in [0.2, 0.25) is 0 Å². The van der Waals surface area contributed by atoms with Gasteiger partial charge in [0.25, 0.3) is 5.92 Å². The highest BCUT2D eigenvalue weighted by atomic mass is 19.3. The molecule has 1 aromatic rings. The molecular weight excluding hydrogens is 240 g/mol. The molecule has 0 aliphatic rings. The molecule has 0 fully saturated rings. The van der Waals surface area contributed by atoms with Gasteiger partial charge in [0, 0.05) is 5.92 Å². The fraction of sp³-hybridized carbons (Fsp3) is 0.538. The van der Waals surface area contributed by atoms with E-state index >= 15 is 0 Å². The standard InChI is InChI=1S/C13H17F2NO2/c1-5-9-6-10(13(14,15)7(2)3)16-8(4)11(9)12(17)18/h6-7H,5H2,1-4H3,(H,17,18). The molecule has 100 valence electrons. The van der Waals surface area contributed by atoms with Crippen LogP contribution in [0.4, 0.5) is 8.78 Å². The number of carboxylic acids is 1. The molecule has 0 aromatic carbocycles. The highest BCUT2D eigenvalue weighted by Gasteiger charge is 2.38. The van der Waals surface area contributed by atoms with Gasteiger partial charge in [-0.1, -0.05) is 20.8 Å². The average Bonchev–Trinajstić information content (AvgIpc) is 2.26. The lowest BCUT2D eigenvalue weighted by Gasteiger charge is -2.21. The molecular formula is C13H17F2NO2. The molecule has 1 N–H and O–H groups in total. The number of aromatic nitrogens is 1. The molecule has 5 heteroatoms. The van der Waals surface area contributed by atoms with E-state index in [2.05, 4.69) is 4.98 Å². The minimum Gasteiger partial charge on any atom is -0.478 e. The smallest absolute Gasteiger partial charge is 0.337 e. The summed E-state index contributed by atoms with van der Waals surface area (Å²) < 4.78 is 27.8. The van der Waals surface area contributed by atoms with Crippen molar-refractivity contribution in [2.75, 3.05) is 0 Å². The largest absolute Gasteiger partial charge is 0.478 e. The zero-order valence-corrected chi connectivity index (χ0v) is 10.9. The summed E-state index contributed by atoms with van der Waals surface area (Å²) in [6.07, 6.45) is 0.381. The number of nitrogens with zero attached hydrogens (tertiary/aromatic N) is 1. The van der Waals surface area contributed by atoms with Gasteiger partial charge < -0.3 is 5.11 Å². The number of pyridine rings is 1. The summed E-state index contributed by atoms with van der Waals surface area (Å²) in [5.41, 5.74) is 0.208. The van der Waals surface area contributed by atoms with Crippen LogP contribution in [0.25, 0.3) is 0 Å². The molecule has 1 aromatic heterocycles. The van der Waals surface area contributed by atoms with Crippen LogP contribution in [0.5, 0.6) is 0 Å². The first-order valence-electron chi connectivity index (χ1n) is 5.83. The fourth-order valence-corrected chi connectivity index (χ4v) is 1.78. The fourth-order valence-electron chi connectivity index (χ4n) is 1.78. The maximum Gasteiger partial charge on any atom is 0.337 e. The Labute approximate surface area is 105 Å². The minimum atomic E-state index is -3.05. The highest BCUT2D eigenvalue weighted by Crippen LogP contribution is 2.35. The van der Waals surface area contributed by atoms with Crippen molar-refractivity contribution in [3.05, 3.63) is 28.6 Å². The first-order chi connectivity index (χ1) is 8.21. The zero-order valence-electron chi connectivity index (χ0n) is 10.9. The van der Waals surface area contributed by atoms with E-state index in [1.54, 1.807) is 6.92 Å². The van der Waals surface area contributed by atoms with Gasteiger partial charge in [0.1, 0.15) is 5.69 Å². The van der Waals surface area contributed by atoms with E-state index in [1.807, 2.05) is 0 Å². The average molecular weight is 257 g/mol. The summed E-state index contributed by atoms with van der Waals surface area (Å²) in [6.45, 7) is 6.00. The predicted octanol–water partition coefficient (Wildman–Crippen LogP) is 3.40. The van der Waals surface area contributed by atoms with Crippen LogP contribution >= 0.6 is 0 Å². The van der Waals surface area contributed by atoms with E-state index in [0.717, 1.165) is 0 Å². The van der Waals surface area contributed by atoms with Crippen LogP contribution in [-0.4, -0.2) is 16.1 Å². The molecule has 0 aliphatic heterocycles. The number of carbonyl (C=O) groups is 1. The van der Waals surface area contributed by atoms with E-state index < -0.39 is 17.8 Å². The van der Waals surface area contributed by atoms with E-state index in [9.17, 15) is 13.6 Å². The summed E-state index contributed by atoms with van der Waals surface area (Å²) in [5, 5.41) is 9.05. The van der Waals surface area contributed by atoms with Gasteiger partial charge in [0.05, 0.1) is 11.3 Å². The second-order valence-corrected chi connectivity index (χ2v) is 4.56. The lowest BCUT2D eigenvalue weighted by atomic mass is 9.97. The van der Waals surface area contributed by atoms with Gasteiger partial charge in [-0.3, -0.25) is 4.98 Å². The lowest BCUT2D eigenvalue weighted by Crippen LogP contribution is -2.24. The van der Waals surface area contributed by atoms with Crippen LogP contribution in [0, 0.1) is 12.8 Å². The van der Waals surface area contributed by atoms with Crippen molar-refractivity contribution in [3.8, 4) is 0 Å². The molecule has 0 saturated heterocycles. The Hall–Kier alpha value is -1.52. The number of aryl methyl sites for hydroxylation is 2. The molecule has 0 bridgehead atoms. The van der Waals surface area contributed by atoms with Gasteiger partial charge >= 0.3 is 5.97 Å². The molecule has 3 nitrogen and oxygen atoms in total. The Balaban J connectivity index is 3.45. The maximum absolute atomic E-state index is 13.9. The van der Waals surface area contributed by atoms with Crippen molar-refractivity contribution in [2.24, 2.45) is 5.92 Å². The number of hydrogen-bond donors (Lipinski definition) is 1. The molecule has 0 spiro atoms. The molecule has 1 rings (SSSR count). The summed E-state index contributed by atoms with van der Waals surface area (Å²) in [4.78, 5) is 14.8. The molecule has 0 saturated carbocycles. The number of halogens is 2. The van der Waals surface area contributed by atoms with Crippen molar-refractivity contribution < 1.29 is 18.7 Å². The van der Waals surface area contributed by atoms with Crippen LogP contribution in [0.3, 0.4) is 0 Å². The SMILES string of the molecule is CCc1cc(C(F)(F)C(C)C)nc(C)c1C(=O)O. The second-order valence-electron chi connectivity index (χ2n) is 4.56. The molecule has 18 heavy (non-hydrogen) atoms. The Morgan fingerprint density at radius 2 is 2.06 bits per heavy atom. The first-order valence-corrected chi connectivity index (χ1v) is 5.83. The first kappa shape index (κ1) is 14.5. The Bertz CT molecular complexity index is 470. The Kier molecular flexibility index (Phi) is 4.04. The van der Waals surface area contributed by atoms with Gasteiger partial charge in [0.15, 0.2) is 0 Å². The monoisotopic (exact) mass is 257 g/mol. The van der Waals surface area contributed by atoms with E-state index in [1.165, 1.54) is 26.8 Å². The van der Waals surface area contributed by atoms with Gasteiger partial charge in [-0.05, 0) is 25.0 Å². The molecule has 0 unspecified atom stereocenters. The van der Waals surface area contributed by atoms with Gasteiger partial charge in [-0.25, -0.2) is 4.79 Å². The normalized spacial score (nSPS) is 11.9. The van der Waals surface area contributed by atoms with Crippen molar-refractivity contribution in [2.45, 2.75) is 40.0 Å². The Morgan fingerprint density at radius 3 is 2.44 bits per heavy atom. The Morgan fingerprint density at radius 1 is 1.50 bits per heavy atom. The van der Waals surface area contributed by atoms with Crippen molar-refractivity contribution in [1.82, 2.24) is 4.98 Å². The molecule has 0 atom stereocenters. The highest BCUT2D eigenvalue weighted by molar-refractivity contribution is 5.90. The van der Waals surface area contributed by atoms with Gasteiger partial charge in [-0.15, -0.1) is 0 Å². The van der Waals surface area contributed by atoms with Crippen LogP contribution in [0.15, 0.2) is 6.07 Å². The summed E-state index contributed by atoms with van der Waals surface area (Å²) >= 11 is 0. The van der Waals surface area contributed by atoms with Gasteiger partial charge in [-0.2, -0.15) is 8.78 Å². The number of carboxylic acid groups (broad SMARTS) is 1. The van der Waals surface area contributed by atoms with Crippen LogP contribution < -0.4 is 0 Å². The number of aromatic carboxylic acids is 1. The third kappa shape index (κ3) is 2.49. The minimum absolute atomic E-state index is 0.0285. The molecule has 0 aliphatic carbocycles. The van der Waals surface area contributed by atoms with E-state index in [-0.39, 0.29) is 17.0 Å². The number of rotatable bonds is 4. The van der Waals surface area contributed by atoms with Crippen molar-refractivity contribution in [1.29, 1.82) is 0 Å². The second kappa shape index (κ2) is 5.00. The van der Waals surface area contributed by atoms with Crippen LogP contribution in [-0.2, 0) is 12.3 Å². The van der Waals surface area contributed by atoms with Crippen molar-refractivity contribution in [3.63, 3.8) is 0 Å². The topological polar surface area (TPSA) is 50.2 Å².